The van der Waals surface area contributed by atoms with Crippen LogP contribution in [0.2, 0.25) is 0 Å². The monoisotopic (exact) mass is 324 g/mol. The van der Waals surface area contributed by atoms with E-state index in [1.807, 2.05) is 26.0 Å². The van der Waals surface area contributed by atoms with Crippen LogP contribution in [-0.4, -0.2) is 56.0 Å². The molecule has 8 heteroatoms. The molecule has 0 unspecified atom stereocenters. The number of aryl methyl sites for hydroxylation is 2. The van der Waals surface area contributed by atoms with Gasteiger partial charge in [0.25, 0.3) is 0 Å². The fourth-order valence-electron chi connectivity index (χ4n) is 3.05. The Labute approximate surface area is 140 Å². The van der Waals surface area contributed by atoms with Crippen molar-refractivity contribution in [3.8, 4) is 0 Å². The number of aromatic nitrogens is 6. The molecule has 0 radical (unpaired) electrons. The van der Waals surface area contributed by atoms with Crippen molar-refractivity contribution in [2.45, 2.75) is 20.8 Å². The van der Waals surface area contributed by atoms with E-state index in [0.29, 0.717) is 0 Å². The largest absolute Gasteiger partial charge is 0.353 e. The zero-order valence-corrected chi connectivity index (χ0v) is 14.1. The van der Waals surface area contributed by atoms with Crippen molar-refractivity contribution >= 4 is 17.3 Å². The quantitative estimate of drug-likeness (QED) is 0.700. The summed E-state index contributed by atoms with van der Waals surface area (Å²) in [6.45, 7) is 9.66. The van der Waals surface area contributed by atoms with Crippen LogP contribution in [0.15, 0.2) is 18.5 Å². The van der Waals surface area contributed by atoms with Gasteiger partial charge in [-0.2, -0.15) is 4.52 Å². The Morgan fingerprint density at radius 3 is 2.42 bits per heavy atom. The first-order chi connectivity index (χ1) is 11.6. The molecule has 0 amide bonds. The van der Waals surface area contributed by atoms with E-state index >= 15 is 0 Å². The van der Waals surface area contributed by atoms with E-state index < -0.39 is 0 Å². The maximum absolute atomic E-state index is 4.66. The van der Waals surface area contributed by atoms with Crippen LogP contribution in [0.25, 0.3) is 5.65 Å². The van der Waals surface area contributed by atoms with Gasteiger partial charge >= 0.3 is 0 Å². The van der Waals surface area contributed by atoms with Crippen LogP contribution in [0, 0.1) is 20.8 Å². The second kappa shape index (κ2) is 5.70. The maximum Gasteiger partial charge on any atom is 0.178 e. The first-order valence-corrected chi connectivity index (χ1v) is 8.10. The van der Waals surface area contributed by atoms with Gasteiger partial charge in [0.05, 0.1) is 0 Å². The molecule has 1 aliphatic heterocycles. The highest BCUT2D eigenvalue weighted by Crippen LogP contribution is 2.21. The molecule has 0 saturated carbocycles. The highest BCUT2D eigenvalue weighted by Gasteiger charge is 2.21. The summed E-state index contributed by atoms with van der Waals surface area (Å²) in [5.74, 6) is 2.80. The van der Waals surface area contributed by atoms with E-state index in [-0.39, 0.29) is 0 Å². The minimum absolute atomic E-state index is 0.780. The topological polar surface area (TPSA) is 75.3 Å². The van der Waals surface area contributed by atoms with E-state index in [9.17, 15) is 0 Å². The number of fused-ring (bicyclic) bond motifs is 1. The van der Waals surface area contributed by atoms with Gasteiger partial charge in [0.1, 0.15) is 18.0 Å². The average molecular weight is 324 g/mol. The Bertz CT molecular complexity index is 879. The molecule has 0 aromatic carbocycles. The van der Waals surface area contributed by atoms with Crippen LogP contribution in [0.1, 0.15) is 17.1 Å². The van der Waals surface area contributed by atoms with Crippen molar-refractivity contribution in [1.82, 2.24) is 29.8 Å². The molecule has 4 rings (SSSR count). The third-order valence-corrected chi connectivity index (χ3v) is 4.62. The third kappa shape index (κ3) is 2.44. The van der Waals surface area contributed by atoms with Gasteiger partial charge in [0, 0.05) is 37.4 Å². The zero-order valence-electron chi connectivity index (χ0n) is 14.1. The van der Waals surface area contributed by atoms with Crippen LogP contribution >= 0.6 is 0 Å². The number of hydrogen-bond donors (Lipinski definition) is 0. The van der Waals surface area contributed by atoms with Gasteiger partial charge in [-0.3, -0.25) is 0 Å². The molecule has 1 fully saturated rings. The minimum atomic E-state index is 0.780. The fraction of sp³-hybridized carbons (Fsp3) is 0.438. The number of rotatable bonds is 2. The molecule has 24 heavy (non-hydrogen) atoms. The molecule has 0 bridgehead atoms. The number of nitrogens with zero attached hydrogens (tertiary/aromatic N) is 8. The molecule has 1 aliphatic rings. The van der Waals surface area contributed by atoms with E-state index in [2.05, 4.69) is 42.0 Å². The summed E-state index contributed by atoms with van der Waals surface area (Å²) in [5, 5.41) is 12.8. The molecule has 0 N–H and O–H groups in total. The Morgan fingerprint density at radius 1 is 0.875 bits per heavy atom. The lowest BCUT2D eigenvalue weighted by Gasteiger charge is -2.36. The minimum Gasteiger partial charge on any atom is -0.353 e. The average Bonchev–Trinajstić information content (AvgIpc) is 2.98. The van der Waals surface area contributed by atoms with Crippen LogP contribution < -0.4 is 9.80 Å². The molecular formula is C16H20N8. The summed E-state index contributed by atoms with van der Waals surface area (Å²) < 4.78 is 1.79. The van der Waals surface area contributed by atoms with Crippen molar-refractivity contribution in [2.75, 3.05) is 36.0 Å². The maximum atomic E-state index is 4.66. The van der Waals surface area contributed by atoms with Gasteiger partial charge in [0.15, 0.2) is 11.5 Å². The van der Waals surface area contributed by atoms with Gasteiger partial charge in [-0.05, 0) is 32.9 Å². The van der Waals surface area contributed by atoms with Gasteiger partial charge in [-0.15, -0.1) is 15.3 Å². The zero-order chi connectivity index (χ0) is 16.7. The SMILES string of the molecule is Cc1ncnc(N2CCN(c3ccc4nnc(C)n4n3)CC2)c1C. The van der Waals surface area contributed by atoms with Gasteiger partial charge in [-0.25, -0.2) is 9.97 Å². The molecule has 0 atom stereocenters. The Hall–Kier alpha value is -2.77. The first-order valence-electron chi connectivity index (χ1n) is 8.10. The molecule has 4 heterocycles. The number of piperazine rings is 1. The van der Waals surface area contributed by atoms with Crippen LogP contribution in [0.5, 0.6) is 0 Å². The highest BCUT2D eigenvalue weighted by atomic mass is 15.4. The third-order valence-electron chi connectivity index (χ3n) is 4.62. The summed E-state index contributed by atoms with van der Waals surface area (Å²) in [6, 6.07) is 3.98. The Kier molecular flexibility index (Phi) is 3.51. The summed E-state index contributed by atoms with van der Waals surface area (Å²) in [7, 11) is 0. The van der Waals surface area contributed by atoms with E-state index in [0.717, 1.165) is 60.5 Å². The molecule has 3 aromatic heterocycles. The Balaban J connectivity index is 1.52. The summed E-state index contributed by atoms with van der Waals surface area (Å²) in [4.78, 5) is 13.3. The fourth-order valence-corrected chi connectivity index (χ4v) is 3.05. The van der Waals surface area contributed by atoms with Crippen molar-refractivity contribution < 1.29 is 0 Å². The summed E-state index contributed by atoms with van der Waals surface area (Å²) in [6.07, 6.45) is 1.65. The second-order valence-corrected chi connectivity index (χ2v) is 6.09. The lowest BCUT2D eigenvalue weighted by atomic mass is 10.2. The smallest absolute Gasteiger partial charge is 0.178 e. The number of anilines is 2. The standard InChI is InChI=1S/C16H20N8/c1-11-12(2)17-10-18-16(11)23-8-6-22(7-9-23)15-5-4-14-20-19-13(3)24(14)21-15/h4-5,10H,6-9H2,1-3H3. The molecular weight excluding hydrogens is 304 g/mol. The van der Waals surface area contributed by atoms with E-state index in [1.165, 1.54) is 0 Å². The van der Waals surface area contributed by atoms with Crippen molar-refractivity contribution in [3.05, 3.63) is 35.5 Å². The molecule has 0 spiro atoms. The highest BCUT2D eigenvalue weighted by molar-refractivity contribution is 5.51. The van der Waals surface area contributed by atoms with Crippen molar-refractivity contribution in [2.24, 2.45) is 0 Å². The molecule has 8 nitrogen and oxygen atoms in total. The lowest BCUT2D eigenvalue weighted by molar-refractivity contribution is 0.633. The van der Waals surface area contributed by atoms with Crippen LogP contribution in [0.4, 0.5) is 11.6 Å². The predicted octanol–water partition coefficient (Wildman–Crippen LogP) is 1.17. The van der Waals surface area contributed by atoms with E-state index in [1.54, 1.807) is 10.8 Å². The second-order valence-electron chi connectivity index (χ2n) is 6.09. The lowest BCUT2D eigenvalue weighted by Crippen LogP contribution is -2.47. The molecule has 124 valence electrons. The summed E-state index contributed by atoms with van der Waals surface area (Å²) >= 11 is 0. The van der Waals surface area contributed by atoms with Crippen molar-refractivity contribution in [1.29, 1.82) is 0 Å². The molecule has 3 aromatic rings. The first kappa shape index (κ1) is 14.8. The van der Waals surface area contributed by atoms with Gasteiger partial charge < -0.3 is 9.80 Å². The van der Waals surface area contributed by atoms with Crippen molar-refractivity contribution in [3.63, 3.8) is 0 Å². The van der Waals surface area contributed by atoms with E-state index in [4.69, 9.17) is 0 Å². The van der Waals surface area contributed by atoms with Crippen LogP contribution in [0.3, 0.4) is 0 Å². The van der Waals surface area contributed by atoms with Gasteiger partial charge in [-0.1, -0.05) is 0 Å². The van der Waals surface area contributed by atoms with Gasteiger partial charge in [0.2, 0.25) is 0 Å². The molecule has 1 saturated heterocycles. The normalized spacial score (nSPS) is 15.3. The van der Waals surface area contributed by atoms with Crippen LogP contribution in [-0.2, 0) is 0 Å². The predicted molar refractivity (Wildman–Crippen MR) is 91.5 cm³/mol. The molecule has 0 aliphatic carbocycles. The number of hydrogen-bond acceptors (Lipinski definition) is 7. The Morgan fingerprint density at radius 2 is 1.62 bits per heavy atom. The summed E-state index contributed by atoms with van der Waals surface area (Å²) in [5.41, 5.74) is 2.98.